The highest BCUT2D eigenvalue weighted by atomic mass is 35.5. The lowest BCUT2D eigenvalue weighted by Gasteiger charge is -2.28. The number of benzene rings is 1. The number of pyridine rings is 1. The van der Waals surface area contributed by atoms with E-state index in [2.05, 4.69) is 4.98 Å². The van der Waals surface area contributed by atoms with Gasteiger partial charge in [0, 0.05) is 18.8 Å². The van der Waals surface area contributed by atoms with Gasteiger partial charge in [-0.1, -0.05) is 18.5 Å². The van der Waals surface area contributed by atoms with Crippen LogP contribution in [0.5, 0.6) is 5.75 Å². The number of halogens is 2. The smallest absolute Gasteiger partial charge is 0.146 e. The van der Waals surface area contributed by atoms with E-state index in [0.717, 1.165) is 6.07 Å². The average molecular weight is 410 g/mol. The highest BCUT2D eigenvalue weighted by Crippen LogP contribution is 2.31. The second kappa shape index (κ2) is 7.90. The molecule has 1 saturated heterocycles. The molecule has 2 unspecified atom stereocenters. The van der Waals surface area contributed by atoms with E-state index in [0.29, 0.717) is 16.5 Å². The van der Waals surface area contributed by atoms with Gasteiger partial charge in [0.15, 0.2) is 0 Å². The molecule has 142 valence electrons. The number of hydrogen-bond donors (Lipinski definition) is 1. The summed E-state index contributed by atoms with van der Waals surface area (Å²) < 4.78 is 33.9. The van der Waals surface area contributed by atoms with E-state index in [1.807, 2.05) is 0 Å². The third kappa shape index (κ3) is 4.12. The van der Waals surface area contributed by atoms with E-state index in [9.17, 15) is 13.7 Å². The lowest BCUT2D eigenvalue weighted by molar-refractivity contribution is -0.0302. The summed E-state index contributed by atoms with van der Waals surface area (Å²) in [6.45, 7) is 2.08. The summed E-state index contributed by atoms with van der Waals surface area (Å²) in [7, 11) is -1.60. The van der Waals surface area contributed by atoms with Crippen molar-refractivity contribution in [3.8, 4) is 11.8 Å². The zero-order valence-electron chi connectivity index (χ0n) is 14.4. The molecule has 0 aliphatic carbocycles. The summed E-state index contributed by atoms with van der Waals surface area (Å²) in [6.07, 6.45) is 1.05. The SMILES string of the molecule is CCC1(O)CN(S(=O)c2ccc(Cl)cn2)C[C@@H]1Oc1ccc(C#N)c(F)c1. The first kappa shape index (κ1) is 19.7. The molecule has 0 amide bonds. The van der Waals surface area contributed by atoms with Crippen LogP contribution in [0.2, 0.25) is 5.02 Å². The maximum atomic E-state index is 13.8. The molecule has 2 aromatic rings. The molecule has 1 aromatic carbocycles. The van der Waals surface area contributed by atoms with Crippen LogP contribution in [0.15, 0.2) is 41.6 Å². The van der Waals surface area contributed by atoms with Gasteiger partial charge in [-0.05, 0) is 30.7 Å². The van der Waals surface area contributed by atoms with E-state index in [4.69, 9.17) is 21.6 Å². The molecule has 1 aliphatic heterocycles. The molecule has 6 nitrogen and oxygen atoms in total. The van der Waals surface area contributed by atoms with E-state index in [-0.39, 0.29) is 24.4 Å². The highest BCUT2D eigenvalue weighted by molar-refractivity contribution is 7.82. The predicted molar refractivity (Wildman–Crippen MR) is 98.0 cm³/mol. The summed E-state index contributed by atoms with van der Waals surface area (Å²) in [5.41, 5.74) is -1.34. The van der Waals surface area contributed by atoms with Crippen molar-refractivity contribution in [3.05, 3.63) is 52.9 Å². The van der Waals surface area contributed by atoms with Crippen LogP contribution in [0.4, 0.5) is 4.39 Å². The molecular weight excluding hydrogens is 393 g/mol. The molecule has 1 aromatic heterocycles. The molecular formula is C18H17ClFN3O3S. The van der Waals surface area contributed by atoms with Crippen molar-refractivity contribution in [3.63, 3.8) is 0 Å². The van der Waals surface area contributed by atoms with Crippen molar-refractivity contribution in [2.75, 3.05) is 13.1 Å². The number of rotatable bonds is 5. The summed E-state index contributed by atoms with van der Waals surface area (Å²) in [4.78, 5) is 4.06. The maximum Gasteiger partial charge on any atom is 0.146 e. The largest absolute Gasteiger partial charge is 0.486 e. The molecule has 1 N–H and O–H groups in total. The number of hydrogen-bond acceptors (Lipinski definition) is 5. The Labute approximate surface area is 163 Å². The van der Waals surface area contributed by atoms with Gasteiger partial charge in [0.05, 0.1) is 17.1 Å². The standard InChI is InChI=1S/C18H17ClFN3O3S/c1-2-18(24)11-23(27(25)17-6-4-13(19)9-22-17)10-16(18)26-14-5-3-12(8-21)15(20)7-14/h3-7,9,16,24H,2,10-11H2,1H3/t16-,18?,27?/m0/s1. The first-order valence-corrected chi connectivity index (χ1v) is 9.72. The number of aliphatic hydroxyl groups is 1. The second-order valence-corrected chi connectivity index (χ2v) is 8.07. The Hall–Kier alpha value is -2.05. The summed E-state index contributed by atoms with van der Waals surface area (Å²) in [5, 5.41) is 20.5. The molecule has 2 heterocycles. The van der Waals surface area contributed by atoms with Crippen LogP contribution < -0.4 is 4.74 Å². The van der Waals surface area contributed by atoms with Gasteiger partial charge in [0.2, 0.25) is 0 Å². The van der Waals surface area contributed by atoms with Gasteiger partial charge in [0.1, 0.15) is 45.4 Å². The Morgan fingerprint density at radius 3 is 2.89 bits per heavy atom. The van der Waals surface area contributed by atoms with E-state index in [1.165, 1.54) is 18.3 Å². The number of β-amino-alcohol motifs (C(OH)–C–C–N with tert-alkyl or cyclic N) is 1. The molecule has 27 heavy (non-hydrogen) atoms. The van der Waals surface area contributed by atoms with Gasteiger partial charge in [-0.2, -0.15) is 5.26 Å². The Bertz CT molecular complexity index is 906. The van der Waals surface area contributed by atoms with Crippen LogP contribution in [-0.4, -0.2) is 43.4 Å². The number of ether oxygens (including phenoxy) is 1. The fourth-order valence-electron chi connectivity index (χ4n) is 2.86. The molecule has 9 heteroatoms. The third-order valence-electron chi connectivity index (χ3n) is 4.48. The zero-order chi connectivity index (χ0) is 19.6. The van der Waals surface area contributed by atoms with E-state index >= 15 is 0 Å². The molecule has 1 aliphatic rings. The van der Waals surface area contributed by atoms with Crippen molar-refractivity contribution in [1.29, 1.82) is 5.26 Å². The minimum absolute atomic E-state index is 0.0870. The normalized spacial score (nSPS) is 23.7. The van der Waals surface area contributed by atoms with Gasteiger partial charge in [-0.15, -0.1) is 0 Å². The molecule has 0 saturated carbocycles. The fourth-order valence-corrected chi connectivity index (χ4v) is 4.18. The van der Waals surface area contributed by atoms with Crippen molar-refractivity contribution in [1.82, 2.24) is 9.29 Å². The van der Waals surface area contributed by atoms with Gasteiger partial charge in [-0.25, -0.2) is 17.9 Å². The summed E-state index contributed by atoms with van der Waals surface area (Å²) in [5.74, 6) is -0.501. The van der Waals surface area contributed by atoms with E-state index in [1.54, 1.807) is 29.4 Å². The average Bonchev–Trinajstić information content (AvgIpc) is 2.99. The van der Waals surface area contributed by atoms with Crippen molar-refractivity contribution in [2.24, 2.45) is 0 Å². The minimum Gasteiger partial charge on any atom is -0.486 e. The second-order valence-electron chi connectivity index (χ2n) is 6.20. The van der Waals surface area contributed by atoms with Crippen LogP contribution in [-0.2, 0) is 11.0 Å². The fraction of sp³-hybridized carbons (Fsp3) is 0.333. The molecule has 0 spiro atoms. The molecule has 3 rings (SSSR count). The van der Waals surface area contributed by atoms with Gasteiger partial charge < -0.3 is 9.84 Å². The van der Waals surface area contributed by atoms with E-state index < -0.39 is 28.5 Å². The molecule has 0 bridgehead atoms. The van der Waals surface area contributed by atoms with Crippen molar-refractivity contribution in [2.45, 2.75) is 30.1 Å². The minimum atomic E-state index is -1.60. The first-order chi connectivity index (χ1) is 12.9. The summed E-state index contributed by atoms with van der Waals surface area (Å²) >= 11 is 5.81. The lowest BCUT2D eigenvalue weighted by atomic mass is 9.97. The van der Waals surface area contributed by atoms with Crippen LogP contribution >= 0.6 is 11.6 Å². The third-order valence-corrected chi connectivity index (χ3v) is 6.05. The Morgan fingerprint density at radius 2 is 2.30 bits per heavy atom. The Balaban J connectivity index is 1.79. The molecule has 3 atom stereocenters. The lowest BCUT2D eigenvalue weighted by Crippen LogP contribution is -2.44. The van der Waals surface area contributed by atoms with Crippen molar-refractivity contribution < 1.29 is 18.4 Å². The van der Waals surface area contributed by atoms with Gasteiger partial charge >= 0.3 is 0 Å². The zero-order valence-corrected chi connectivity index (χ0v) is 16.0. The maximum absolute atomic E-state index is 13.8. The van der Waals surface area contributed by atoms with Gasteiger partial charge in [0.25, 0.3) is 0 Å². The van der Waals surface area contributed by atoms with Crippen LogP contribution in [0.3, 0.4) is 0 Å². The predicted octanol–water partition coefficient (Wildman–Crippen LogP) is 2.67. The Morgan fingerprint density at radius 1 is 1.52 bits per heavy atom. The first-order valence-electron chi connectivity index (χ1n) is 8.23. The van der Waals surface area contributed by atoms with Crippen molar-refractivity contribution >= 4 is 22.6 Å². The monoisotopic (exact) mass is 409 g/mol. The molecule has 1 fully saturated rings. The van der Waals surface area contributed by atoms with Crippen LogP contribution in [0, 0.1) is 17.1 Å². The number of aromatic nitrogens is 1. The topological polar surface area (TPSA) is 86.4 Å². The summed E-state index contributed by atoms with van der Waals surface area (Å²) in [6, 6.07) is 8.79. The van der Waals surface area contributed by atoms with Gasteiger partial charge in [-0.3, -0.25) is 0 Å². The molecule has 0 radical (unpaired) electrons. The Kier molecular flexibility index (Phi) is 5.77. The highest BCUT2D eigenvalue weighted by Gasteiger charge is 2.48. The number of nitriles is 1. The quantitative estimate of drug-likeness (QED) is 0.820. The number of nitrogens with zero attached hydrogens (tertiary/aromatic N) is 3. The van der Waals surface area contributed by atoms with Crippen LogP contribution in [0.25, 0.3) is 0 Å². The van der Waals surface area contributed by atoms with Crippen LogP contribution in [0.1, 0.15) is 18.9 Å².